The van der Waals surface area contributed by atoms with E-state index in [-0.39, 0.29) is 5.91 Å². The van der Waals surface area contributed by atoms with E-state index in [1.807, 2.05) is 25.1 Å². The van der Waals surface area contributed by atoms with Crippen molar-refractivity contribution in [1.29, 1.82) is 0 Å². The van der Waals surface area contributed by atoms with E-state index in [0.29, 0.717) is 11.5 Å². The molecule has 5 heteroatoms. The number of carbonyl (C=O) groups excluding carboxylic acids is 1. The summed E-state index contributed by atoms with van der Waals surface area (Å²) in [6.45, 7) is 2.80. The number of hydrogen-bond donors (Lipinski definition) is 1. The molecule has 0 fully saturated rings. The minimum atomic E-state index is -0.182. The number of nitrogens with one attached hydrogen (secondary N) is 1. The minimum absolute atomic E-state index is 0.182. The van der Waals surface area contributed by atoms with Gasteiger partial charge in [-0.1, -0.05) is 6.07 Å². The Bertz CT molecular complexity index is 556. The Hall–Kier alpha value is -2.43. The summed E-state index contributed by atoms with van der Waals surface area (Å²) in [5.41, 5.74) is 1.28. The highest BCUT2D eigenvalue weighted by Crippen LogP contribution is 2.13. The van der Waals surface area contributed by atoms with Gasteiger partial charge in [-0.15, -0.1) is 0 Å². The highest BCUT2D eigenvalue weighted by Gasteiger charge is 2.15. The predicted molar refractivity (Wildman–Crippen MR) is 75.4 cm³/mol. The third-order valence-corrected chi connectivity index (χ3v) is 2.66. The summed E-state index contributed by atoms with van der Waals surface area (Å²) in [6.07, 6.45) is 3.28. The maximum absolute atomic E-state index is 12.3. The van der Waals surface area contributed by atoms with Crippen LogP contribution in [0.4, 0.5) is 11.5 Å². The highest BCUT2D eigenvalue weighted by molar-refractivity contribution is 6.04. The second kappa shape index (κ2) is 5.95. The normalized spacial score (nSPS) is 10.0. The van der Waals surface area contributed by atoms with Gasteiger partial charge < -0.3 is 5.32 Å². The number of hydrogen-bond acceptors (Lipinski definition) is 4. The predicted octanol–water partition coefficient (Wildman–Crippen LogP) is 2.18. The van der Waals surface area contributed by atoms with Crippen molar-refractivity contribution in [3.05, 3.63) is 48.4 Å². The number of nitrogens with zero attached hydrogens (tertiary/aromatic N) is 3. The lowest BCUT2D eigenvalue weighted by atomic mass is 10.3. The van der Waals surface area contributed by atoms with Gasteiger partial charge in [0, 0.05) is 31.7 Å². The lowest BCUT2D eigenvalue weighted by Gasteiger charge is -2.15. The van der Waals surface area contributed by atoms with E-state index in [2.05, 4.69) is 15.3 Å². The van der Waals surface area contributed by atoms with Gasteiger partial charge in [-0.25, -0.2) is 4.98 Å². The van der Waals surface area contributed by atoms with Crippen LogP contribution in [0, 0.1) is 0 Å². The first-order valence-electron chi connectivity index (χ1n) is 6.11. The molecule has 2 heterocycles. The number of aromatic nitrogens is 2. The van der Waals surface area contributed by atoms with Crippen LogP contribution in [0.1, 0.15) is 17.4 Å². The van der Waals surface area contributed by atoms with Gasteiger partial charge in [-0.2, -0.15) is 0 Å². The Morgan fingerprint density at radius 2 is 2.11 bits per heavy atom. The molecule has 0 atom stereocenters. The molecule has 0 spiro atoms. The summed E-state index contributed by atoms with van der Waals surface area (Å²) in [5.74, 6) is 0.418. The standard InChI is InChI=1S/C14H16N4O/c1-3-15-11-7-9-16-12(10-11)14(19)18(2)13-6-4-5-8-17-13/h4-10H,3H2,1-2H3,(H,15,16). The molecule has 5 nitrogen and oxygen atoms in total. The van der Waals surface area contributed by atoms with Gasteiger partial charge in [-0.05, 0) is 31.2 Å². The molecular formula is C14H16N4O. The molecule has 98 valence electrons. The van der Waals surface area contributed by atoms with Gasteiger partial charge in [0.1, 0.15) is 11.5 Å². The topological polar surface area (TPSA) is 58.1 Å². The molecule has 0 aliphatic carbocycles. The molecule has 0 aromatic carbocycles. The van der Waals surface area contributed by atoms with Crippen LogP contribution in [0.3, 0.4) is 0 Å². The van der Waals surface area contributed by atoms with Crippen molar-refractivity contribution in [2.24, 2.45) is 0 Å². The van der Waals surface area contributed by atoms with Crippen molar-refractivity contribution in [2.75, 3.05) is 23.8 Å². The number of amides is 1. The zero-order valence-corrected chi connectivity index (χ0v) is 11.0. The zero-order valence-electron chi connectivity index (χ0n) is 11.0. The van der Waals surface area contributed by atoms with Crippen molar-refractivity contribution in [2.45, 2.75) is 6.92 Å². The van der Waals surface area contributed by atoms with Gasteiger partial charge in [-0.3, -0.25) is 14.7 Å². The fourth-order valence-corrected chi connectivity index (χ4v) is 1.69. The molecule has 19 heavy (non-hydrogen) atoms. The van der Waals surface area contributed by atoms with Gasteiger partial charge in [0.05, 0.1) is 0 Å². The molecule has 0 aliphatic heterocycles. The van der Waals surface area contributed by atoms with E-state index in [0.717, 1.165) is 12.2 Å². The van der Waals surface area contributed by atoms with E-state index in [9.17, 15) is 4.79 Å². The first-order chi connectivity index (χ1) is 9.22. The molecule has 2 rings (SSSR count). The van der Waals surface area contributed by atoms with Crippen LogP contribution in [0.2, 0.25) is 0 Å². The monoisotopic (exact) mass is 256 g/mol. The smallest absolute Gasteiger partial charge is 0.277 e. The van der Waals surface area contributed by atoms with E-state index in [4.69, 9.17) is 0 Å². The molecule has 0 saturated carbocycles. The van der Waals surface area contributed by atoms with Gasteiger partial charge >= 0.3 is 0 Å². The van der Waals surface area contributed by atoms with E-state index < -0.39 is 0 Å². The number of rotatable bonds is 4. The Morgan fingerprint density at radius 3 is 2.79 bits per heavy atom. The molecular weight excluding hydrogens is 240 g/mol. The fraction of sp³-hybridized carbons (Fsp3) is 0.214. The van der Waals surface area contributed by atoms with Crippen LogP contribution in [0.5, 0.6) is 0 Å². The average molecular weight is 256 g/mol. The molecule has 2 aromatic rings. The maximum Gasteiger partial charge on any atom is 0.277 e. The van der Waals surface area contributed by atoms with E-state index in [1.165, 1.54) is 4.90 Å². The van der Waals surface area contributed by atoms with Gasteiger partial charge in [0.25, 0.3) is 5.91 Å². The second-order valence-corrected chi connectivity index (χ2v) is 4.01. The average Bonchev–Trinajstić information content (AvgIpc) is 2.47. The maximum atomic E-state index is 12.3. The minimum Gasteiger partial charge on any atom is -0.385 e. The van der Waals surface area contributed by atoms with Crippen molar-refractivity contribution in [3.8, 4) is 0 Å². The van der Waals surface area contributed by atoms with Crippen molar-refractivity contribution < 1.29 is 4.79 Å². The largest absolute Gasteiger partial charge is 0.385 e. The van der Waals surface area contributed by atoms with Crippen LogP contribution in [-0.2, 0) is 0 Å². The summed E-state index contributed by atoms with van der Waals surface area (Å²) in [6, 6.07) is 9.01. The number of anilines is 2. The lowest BCUT2D eigenvalue weighted by Crippen LogP contribution is -2.27. The Morgan fingerprint density at radius 1 is 1.26 bits per heavy atom. The van der Waals surface area contributed by atoms with Crippen LogP contribution in [0.25, 0.3) is 0 Å². The molecule has 0 unspecified atom stereocenters. The third kappa shape index (κ3) is 3.07. The van der Waals surface area contributed by atoms with Gasteiger partial charge in [0.2, 0.25) is 0 Å². The SMILES string of the molecule is CCNc1ccnc(C(=O)N(C)c2ccccn2)c1. The summed E-state index contributed by atoms with van der Waals surface area (Å²) in [7, 11) is 1.69. The zero-order chi connectivity index (χ0) is 13.7. The van der Waals surface area contributed by atoms with Crippen molar-refractivity contribution in [3.63, 3.8) is 0 Å². The Balaban J connectivity index is 2.22. The quantitative estimate of drug-likeness (QED) is 0.911. The van der Waals surface area contributed by atoms with Crippen LogP contribution in [-0.4, -0.2) is 29.5 Å². The first kappa shape index (κ1) is 13.0. The molecule has 1 N–H and O–H groups in total. The summed E-state index contributed by atoms with van der Waals surface area (Å²) < 4.78 is 0. The molecule has 2 aromatic heterocycles. The molecule has 0 radical (unpaired) electrons. The number of pyridine rings is 2. The molecule has 0 aliphatic rings. The summed E-state index contributed by atoms with van der Waals surface area (Å²) >= 11 is 0. The Labute approximate surface area is 112 Å². The van der Waals surface area contributed by atoms with Gasteiger partial charge in [0.15, 0.2) is 0 Å². The van der Waals surface area contributed by atoms with Crippen LogP contribution >= 0.6 is 0 Å². The van der Waals surface area contributed by atoms with Crippen LogP contribution in [0.15, 0.2) is 42.7 Å². The highest BCUT2D eigenvalue weighted by atomic mass is 16.2. The van der Waals surface area contributed by atoms with Crippen molar-refractivity contribution >= 4 is 17.4 Å². The number of carbonyl (C=O) groups is 1. The van der Waals surface area contributed by atoms with E-state index in [1.54, 1.807) is 31.6 Å². The second-order valence-electron chi connectivity index (χ2n) is 4.01. The fourth-order valence-electron chi connectivity index (χ4n) is 1.69. The summed E-state index contributed by atoms with van der Waals surface area (Å²) in [4.78, 5) is 22.0. The summed E-state index contributed by atoms with van der Waals surface area (Å²) in [5, 5.41) is 3.16. The van der Waals surface area contributed by atoms with Crippen LogP contribution < -0.4 is 10.2 Å². The molecule has 0 saturated heterocycles. The third-order valence-electron chi connectivity index (χ3n) is 2.66. The Kier molecular flexibility index (Phi) is 4.07. The molecule has 1 amide bonds. The van der Waals surface area contributed by atoms with E-state index >= 15 is 0 Å². The molecule has 0 bridgehead atoms. The first-order valence-corrected chi connectivity index (χ1v) is 6.11. The van der Waals surface area contributed by atoms with Crippen molar-refractivity contribution in [1.82, 2.24) is 9.97 Å². The lowest BCUT2D eigenvalue weighted by molar-refractivity contribution is 0.0987.